The third-order valence-corrected chi connectivity index (χ3v) is 1.80. The minimum Gasteiger partial charge on any atom is -0.372 e. The molecule has 2 saturated heterocycles. The Balaban J connectivity index is 0.000000189. The second-order valence-corrected chi connectivity index (χ2v) is 3.04. The third-order valence-electron chi connectivity index (χ3n) is 1.26. The topological polar surface area (TPSA) is 34.3 Å². The lowest BCUT2D eigenvalue weighted by atomic mass is 10.5. The molecule has 3 unspecified atom stereocenters. The fourth-order valence-electron chi connectivity index (χ4n) is 0.429. The lowest BCUT2D eigenvalue weighted by molar-refractivity contribution is 0.294. The first kappa shape index (κ1) is 12.6. The Hall–Kier alpha value is 0.600. The molecule has 2 aliphatic heterocycles. The van der Waals surface area contributed by atoms with E-state index < -0.39 is 0 Å². The summed E-state index contributed by atoms with van der Waals surface area (Å²) in [5, 5.41) is 0. The molecule has 0 spiro atoms. The normalized spacial score (nSPS) is 29.5. The van der Waals surface area contributed by atoms with E-state index in [4.69, 9.17) is 21.1 Å². The van der Waals surface area contributed by atoms with Crippen molar-refractivity contribution >= 4 is 21.1 Å². The summed E-state index contributed by atoms with van der Waals surface area (Å²) in [7, 11) is 2.18. The molecule has 74 valence electrons. The number of hydrogen-bond donors (Lipinski definition) is 0. The molecule has 2 rings (SSSR count). The average molecular weight is 215 g/mol. The first-order chi connectivity index (χ1) is 5.36. The highest BCUT2D eigenvalue weighted by Gasteiger charge is 2.21. The van der Waals surface area contributed by atoms with Crippen LogP contribution in [0, 0.1) is 0 Å². The van der Waals surface area contributed by atoms with Gasteiger partial charge < -0.3 is 14.0 Å². The van der Waals surface area contributed by atoms with Gasteiger partial charge in [-0.25, -0.2) is 0 Å². The number of rotatable bonds is 3. The molecular formula is C7H16ClO3P. The van der Waals surface area contributed by atoms with Crippen molar-refractivity contribution in [1.29, 1.82) is 0 Å². The molecule has 0 bridgehead atoms. The van der Waals surface area contributed by atoms with Crippen molar-refractivity contribution in [3.8, 4) is 0 Å². The predicted molar refractivity (Wildman–Crippen MR) is 52.6 cm³/mol. The SMILES string of the molecule is C.ClCC1CO1.POCC1CO1. The third kappa shape index (κ3) is 7.26. The lowest BCUT2D eigenvalue weighted by Gasteiger charge is -1.84. The van der Waals surface area contributed by atoms with E-state index >= 15 is 0 Å². The maximum absolute atomic E-state index is 5.27. The number of halogens is 1. The minimum atomic E-state index is 0. The molecule has 0 N–H and O–H groups in total. The Morgan fingerprint density at radius 2 is 1.83 bits per heavy atom. The summed E-state index contributed by atoms with van der Waals surface area (Å²) in [6, 6.07) is 0. The van der Waals surface area contributed by atoms with Crippen molar-refractivity contribution in [2.24, 2.45) is 0 Å². The van der Waals surface area contributed by atoms with Gasteiger partial charge in [-0.05, 0) is 0 Å². The molecule has 3 nitrogen and oxygen atoms in total. The smallest absolute Gasteiger partial charge is 0.105 e. The predicted octanol–water partition coefficient (Wildman–Crippen LogP) is 1.45. The van der Waals surface area contributed by atoms with E-state index in [1.54, 1.807) is 0 Å². The van der Waals surface area contributed by atoms with E-state index in [-0.39, 0.29) is 7.43 Å². The molecule has 0 aromatic heterocycles. The Labute approximate surface area is 81.0 Å². The molecule has 0 radical (unpaired) electrons. The van der Waals surface area contributed by atoms with Gasteiger partial charge in [0.1, 0.15) is 6.10 Å². The maximum atomic E-state index is 5.27. The van der Waals surface area contributed by atoms with Gasteiger partial charge in [-0.15, -0.1) is 11.6 Å². The van der Waals surface area contributed by atoms with Gasteiger partial charge >= 0.3 is 0 Å². The van der Waals surface area contributed by atoms with Crippen LogP contribution in [0.1, 0.15) is 7.43 Å². The van der Waals surface area contributed by atoms with E-state index in [2.05, 4.69) is 14.0 Å². The molecule has 2 aliphatic rings. The molecule has 0 aromatic rings. The van der Waals surface area contributed by atoms with Crippen LogP contribution >= 0.6 is 21.1 Å². The highest BCUT2D eigenvalue weighted by atomic mass is 35.5. The van der Waals surface area contributed by atoms with Crippen molar-refractivity contribution in [3.05, 3.63) is 0 Å². The van der Waals surface area contributed by atoms with E-state index in [0.717, 1.165) is 19.8 Å². The summed E-state index contributed by atoms with van der Waals surface area (Å²) in [5.74, 6) is 0.667. The molecule has 3 atom stereocenters. The molecular weight excluding hydrogens is 199 g/mol. The Morgan fingerprint density at radius 3 is 1.92 bits per heavy atom. The van der Waals surface area contributed by atoms with Crippen LogP contribution in [0.2, 0.25) is 0 Å². The zero-order chi connectivity index (χ0) is 8.10. The van der Waals surface area contributed by atoms with Crippen LogP contribution in [0.25, 0.3) is 0 Å². The van der Waals surface area contributed by atoms with E-state index in [0.29, 0.717) is 18.1 Å². The first-order valence-electron chi connectivity index (χ1n) is 3.47. The van der Waals surface area contributed by atoms with Gasteiger partial charge in [0.25, 0.3) is 0 Å². The first-order valence-corrected chi connectivity index (χ1v) is 4.48. The van der Waals surface area contributed by atoms with E-state index in [9.17, 15) is 0 Å². The molecule has 0 aromatic carbocycles. The molecule has 0 amide bonds. The highest BCUT2D eigenvalue weighted by Crippen LogP contribution is 2.09. The Bertz CT molecular complexity index is 107. The van der Waals surface area contributed by atoms with Gasteiger partial charge in [-0.2, -0.15) is 0 Å². The zero-order valence-electron chi connectivity index (χ0n) is 6.16. The van der Waals surface area contributed by atoms with Gasteiger partial charge in [0.15, 0.2) is 0 Å². The number of hydrogen-bond acceptors (Lipinski definition) is 3. The Kier molecular flexibility index (Phi) is 7.40. The maximum Gasteiger partial charge on any atom is 0.105 e. The van der Waals surface area contributed by atoms with Gasteiger partial charge in [-0.3, -0.25) is 0 Å². The number of alkyl halides is 1. The second-order valence-electron chi connectivity index (χ2n) is 2.40. The fraction of sp³-hybridized carbons (Fsp3) is 1.00. The van der Waals surface area contributed by atoms with Crippen molar-refractivity contribution in [2.75, 3.05) is 25.7 Å². The van der Waals surface area contributed by atoms with Crippen LogP contribution in [0.4, 0.5) is 0 Å². The number of epoxide rings is 2. The van der Waals surface area contributed by atoms with Crippen LogP contribution in [-0.2, 0) is 14.0 Å². The summed E-state index contributed by atoms with van der Waals surface area (Å²) < 4.78 is 14.2. The quantitative estimate of drug-likeness (QED) is 0.405. The Morgan fingerprint density at radius 1 is 1.33 bits per heavy atom. The minimum absolute atomic E-state index is 0. The van der Waals surface area contributed by atoms with Crippen LogP contribution in [-0.4, -0.2) is 37.9 Å². The van der Waals surface area contributed by atoms with Crippen LogP contribution in [0.3, 0.4) is 0 Å². The summed E-state index contributed by atoms with van der Waals surface area (Å²) in [4.78, 5) is 0. The van der Waals surface area contributed by atoms with E-state index in [1.807, 2.05) is 0 Å². The summed E-state index contributed by atoms with van der Waals surface area (Å²) in [6.45, 7) is 2.49. The van der Waals surface area contributed by atoms with Gasteiger partial charge in [0.2, 0.25) is 0 Å². The number of ether oxygens (including phenoxy) is 2. The van der Waals surface area contributed by atoms with Crippen LogP contribution < -0.4 is 0 Å². The highest BCUT2D eigenvalue weighted by molar-refractivity contribution is 7.09. The molecule has 0 aliphatic carbocycles. The second kappa shape index (κ2) is 7.05. The van der Waals surface area contributed by atoms with E-state index in [1.165, 1.54) is 0 Å². The van der Waals surface area contributed by atoms with Crippen molar-refractivity contribution in [1.82, 2.24) is 0 Å². The standard InChI is InChI=1S/C3H5ClO.C3H7O2P.CH4/c4-1-3-2-5-3;6-5-2-3-1-4-3;/h3H,1-2H2;3H,1-2,6H2;1H4. The largest absolute Gasteiger partial charge is 0.372 e. The molecule has 2 fully saturated rings. The summed E-state index contributed by atoms with van der Waals surface area (Å²) in [6.07, 6.45) is 0.805. The lowest BCUT2D eigenvalue weighted by Crippen LogP contribution is -1.90. The van der Waals surface area contributed by atoms with Gasteiger partial charge in [0.05, 0.1) is 31.8 Å². The van der Waals surface area contributed by atoms with Gasteiger partial charge in [-0.1, -0.05) is 7.43 Å². The summed E-state index contributed by atoms with van der Waals surface area (Å²) in [5.41, 5.74) is 0. The van der Waals surface area contributed by atoms with Crippen molar-refractivity contribution in [2.45, 2.75) is 19.6 Å². The monoisotopic (exact) mass is 214 g/mol. The average Bonchev–Trinajstić information content (AvgIpc) is 2.87. The van der Waals surface area contributed by atoms with Gasteiger partial charge in [0, 0.05) is 9.47 Å². The molecule has 12 heavy (non-hydrogen) atoms. The van der Waals surface area contributed by atoms with Crippen LogP contribution in [0.5, 0.6) is 0 Å². The summed E-state index contributed by atoms with van der Waals surface area (Å²) >= 11 is 5.27. The van der Waals surface area contributed by atoms with Crippen molar-refractivity contribution in [3.63, 3.8) is 0 Å². The molecule has 2 heterocycles. The van der Waals surface area contributed by atoms with Crippen molar-refractivity contribution < 1.29 is 14.0 Å². The van der Waals surface area contributed by atoms with Crippen LogP contribution in [0.15, 0.2) is 0 Å². The molecule has 5 heteroatoms. The molecule has 0 saturated carbocycles. The zero-order valence-corrected chi connectivity index (χ0v) is 8.07. The fourth-order valence-corrected chi connectivity index (χ4v) is 0.822.